The van der Waals surface area contributed by atoms with Crippen LogP contribution >= 0.6 is 11.3 Å². The van der Waals surface area contributed by atoms with Gasteiger partial charge < -0.3 is 0 Å². The number of nitrogens with zero attached hydrogens (tertiary/aromatic N) is 3. The molecule has 2 N–H and O–H groups in total. The molecule has 0 aliphatic heterocycles. The van der Waals surface area contributed by atoms with E-state index in [2.05, 4.69) is 9.97 Å². The fourth-order valence-corrected chi connectivity index (χ4v) is 5.36. The average Bonchev–Trinajstić information content (AvgIpc) is 3.21. The lowest BCUT2D eigenvalue weighted by atomic mass is 10.0. The number of aryl methyl sites for hydroxylation is 1. The quantitative estimate of drug-likeness (QED) is 0.433. The molecule has 1 amide bonds. The van der Waals surface area contributed by atoms with Gasteiger partial charge >= 0.3 is 0 Å². The molecule has 4 aromatic rings. The maximum absolute atomic E-state index is 13.3. The number of primary sulfonamides is 1. The number of carbonyl (C=O) groups excluding carboxylic acids is 1. The summed E-state index contributed by atoms with van der Waals surface area (Å²) in [5.41, 5.74) is 4.08. The molecule has 0 aliphatic rings. The number of sulfonamides is 1. The summed E-state index contributed by atoms with van der Waals surface area (Å²) in [7, 11) is -3.93. The van der Waals surface area contributed by atoms with E-state index in [-0.39, 0.29) is 33.9 Å². The highest BCUT2D eigenvalue weighted by atomic mass is 32.2. The van der Waals surface area contributed by atoms with Gasteiger partial charge in [-0.25, -0.2) is 18.5 Å². The standard InChI is InChI=1S/C24H22N4O3S2/c1-17-23(33(25,30)31)32-24(27-17)28(16-19-6-5-13-26-15-19)22(29)14-18-9-11-21(12-10-18)20-7-3-2-4-8-20/h2-13,15H,14,16H2,1H3,(H2,25,30,31). The Morgan fingerprint density at radius 3 is 2.27 bits per heavy atom. The van der Waals surface area contributed by atoms with Crippen LogP contribution < -0.4 is 10.0 Å². The third-order valence-corrected chi connectivity index (χ3v) is 7.75. The number of benzene rings is 2. The lowest BCUT2D eigenvalue weighted by molar-refractivity contribution is -0.118. The Bertz CT molecular complexity index is 1350. The molecule has 0 radical (unpaired) electrons. The first kappa shape index (κ1) is 22.8. The van der Waals surface area contributed by atoms with E-state index in [0.29, 0.717) is 0 Å². The van der Waals surface area contributed by atoms with Crippen molar-refractivity contribution in [1.29, 1.82) is 0 Å². The van der Waals surface area contributed by atoms with Crippen molar-refractivity contribution in [2.45, 2.75) is 24.1 Å². The van der Waals surface area contributed by atoms with Crippen LogP contribution in [0.4, 0.5) is 5.13 Å². The molecule has 4 rings (SSSR count). The van der Waals surface area contributed by atoms with Crippen molar-refractivity contribution in [3.05, 3.63) is 95.9 Å². The van der Waals surface area contributed by atoms with E-state index in [1.165, 1.54) is 4.90 Å². The summed E-state index contributed by atoms with van der Waals surface area (Å²) < 4.78 is 23.7. The molecule has 0 bridgehead atoms. The molecule has 0 unspecified atom stereocenters. The maximum atomic E-state index is 13.3. The van der Waals surface area contributed by atoms with Gasteiger partial charge in [-0.1, -0.05) is 72.0 Å². The third-order valence-electron chi connectivity index (χ3n) is 5.01. The molecule has 7 nitrogen and oxygen atoms in total. The number of pyridine rings is 1. The van der Waals surface area contributed by atoms with Gasteiger partial charge in [0.25, 0.3) is 0 Å². The Balaban J connectivity index is 1.61. The number of carbonyl (C=O) groups is 1. The van der Waals surface area contributed by atoms with E-state index >= 15 is 0 Å². The zero-order valence-electron chi connectivity index (χ0n) is 17.9. The molecule has 2 heterocycles. The minimum atomic E-state index is -3.93. The first-order chi connectivity index (χ1) is 15.8. The molecule has 2 aromatic carbocycles. The summed E-state index contributed by atoms with van der Waals surface area (Å²) in [6.45, 7) is 1.78. The highest BCUT2D eigenvalue weighted by molar-refractivity contribution is 7.91. The van der Waals surface area contributed by atoms with Crippen LogP contribution in [0.3, 0.4) is 0 Å². The number of nitrogens with two attached hydrogens (primary N) is 1. The molecule has 0 spiro atoms. The van der Waals surface area contributed by atoms with E-state index in [9.17, 15) is 13.2 Å². The summed E-state index contributed by atoms with van der Waals surface area (Å²) in [6, 6.07) is 21.4. The highest BCUT2D eigenvalue weighted by Gasteiger charge is 2.25. The van der Waals surface area contributed by atoms with Crippen molar-refractivity contribution < 1.29 is 13.2 Å². The lowest BCUT2D eigenvalue weighted by Crippen LogP contribution is -2.31. The second-order valence-corrected chi connectivity index (χ2v) is 10.2. The van der Waals surface area contributed by atoms with Crippen LogP contribution in [-0.4, -0.2) is 24.3 Å². The Labute approximate surface area is 196 Å². The van der Waals surface area contributed by atoms with E-state index in [1.807, 2.05) is 60.7 Å². The van der Waals surface area contributed by atoms with Crippen LogP contribution in [0.15, 0.2) is 83.3 Å². The van der Waals surface area contributed by atoms with E-state index in [4.69, 9.17) is 5.14 Å². The molecule has 168 valence electrons. The number of amides is 1. The third kappa shape index (κ3) is 5.51. The number of hydrogen-bond acceptors (Lipinski definition) is 6. The molecule has 2 aromatic heterocycles. The van der Waals surface area contributed by atoms with Crippen LogP contribution in [0.1, 0.15) is 16.8 Å². The molecule has 9 heteroatoms. The number of rotatable bonds is 7. The van der Waals surface area contributed by atoms with Crippen LogP contribution in [0.2, 0.25) is 0 Å². The highest BCUT2D eigenvalue weighted by Crippen LogP contribution is 2.30. The van der Waals surface area contributed by atoms with E-state index < -0.39 is 10.0 Å². The van der Waals surface area contributed by atoms with Gasteiger partial charge in [0, 0.05) is 12.4 Å². The fourth-order valence-electron chi connectivity index (χ4n) is 3.40. The van der Waals surface area contributed by atoms with Crippen LogP contribution in [-0.2, 0) is 27.8 Å². The first-order valence-corrected chi connectivity index (χ1v) is 12.5. The molecular formula is C24H22N4O3S2. The Morgan fingerprint density at radius 1 is 0.970 bits per heavy atom. The second-order valence-electron chi connectivity index (χ2n) is 7.50. The largest absolute Gasteiger partial charge is 0.283 e. The summed E-state index contributed by atoms with van der Waals surface area (Å²) in [6.07, 6.45) is 3.45. The monoisotopic (exact) mass is 478 g/mol. The van der Waals surface area contributed by atoms with Gasteiger partial charge in [0.2, 0.25) is 15.9 Å². The van der Waals surface area contributed by atoms with Crippen molar-refractivity contribution in [2.75, 3.05) is 4.90 Å². The van der Waals surface area contributed by atoms with E-state index in [0.717, 1.165) is 33.6 Å². The predicted molar refractivity (Wildman–Crippen MR) is 129 cm³/mol. The predicted octanol–water partition coefficient (Wildman–Crippen LogP) is 3.94. The number of thiazole rings is 1. The van der Waals surface area contributed by atoms with Crippen molar-refractivity contribution in [1.82, 2.24) is 9.97 Å². The second kappa shape index (κ2) is 9.62. The van der Waals surface area contributed by atoms with Gasteiger partial charge in [0.15, 0.2) is 9.34 Å². The van der Waals surface area contributed by atoms with Gasteiger partial charge in [-0.15, -0.1) is 0 Å². The number of aromatic nitrogens is 2. The summed E-state index contributed by atoms with van der Waals surface area (Å²) in [5.74, 6) is -0.207. The summed E-state index contributed by atoms with van der Waals surface area (Å²) in [5, 5.41) is 5.60. The topological polar surface area (TPSA) is 106 Å². The van der Waals surface area contributed by atoms with Crippen molar-refractivity contribution in [3.8, 4) is 11.1 Å². The molecule has 0 aliphatic carbocycles. The fraction of sp³-hybridized carbons (Fsp3) is 0.125. The lowest BCUT2D eigenvalue weighted by Gasteiger charge is -2.20. The number of hydrogen-bond donors (Lipinski definition) is 1. The Morgan fingerprint density at radius 2 is 1.67 bits per heavy atom. The van der Waals surface area contributed by atoms with Gasteiger partial charge in [-0.3, -0.25) is 14.7 Å². The van der Waals surface area contributed by atoms with Crippen LogP contribution in [0, 0.1) is 6.92 Å². The normalized spacial score (nSPS) is 11.3. The molecule has 0 atom stereocenters. The minimum Gasteiger partial charge on any atom is -0.283 e. The SMILES string of the molecule is Cc1nc(N(Cc2cccnc2)C(=O)Cc2ccc(-c3ccccc3)cc2)sc1S(N)(=O)=O. The van der Waals surface area contributed by atoms with Crippen molar-refractivity contribution >= 4 is 32.4 Å². The Kier molecular flexibility index (Phi) is 6.64. The van der Waals surface area contributed by atoms with E-state index in [1.54, 1.807) is 25.4 Å². The zero-order valence-corrected chi connectivity index (χ0v) is 19.5. The van der Waals surface area contributed by atoms with Crippen molar-refractivity contribution in [2.24, 2.45) is 5.14 Å². The maximum Gasteiger partial charge on any atom is 0.249 e. The van der Waals surface area contributed by atoms with Crippen molar-refractivity contribution in [3.63, 3.8) is 0 Å². The number of anilines is 1. The first-order valence-electron chi connectivity index (χ1n) is 10.1. The van der Waals surface area contributed by atoms with Gasteiger partial charge in [-0.2, -0.15) is 0 Å². The Hall–Kier alpha value is -3.40. The summed E-state index contributed by atoms with van der Waals surface area (Å²) in [4.78, 5) is 23.3. The molecular weight excluding hydrogens is 456 g/mol. The van der Waals surface area contributed by atoms with Gasteiger partial charge in [-0.05, 0) is 35.2 Å². The van der Waals surface area contributed by atoms with Crippen LogP contribution in [0.25, 0.3) is 11.1 Å². The zero-order chi connectivity index (χ0) is 23.4. The summed E-state index contributed by atoms with van der Waals surface area (Å²) >= 11 is 0.893. The average molecular weight is 479 g/mol. The molecule has 33 heavy (non-hydrogen) atoms. The van der Waals surface area contributed by atoms with Crippen LogP contribution in [0.5, 0.6) is 0 Å². The van der Waals surface area contributed by atoms with Gasteiger partial charge in [0.05, 0.1) is 18.7 Å². The smallest absolute Gasteiger partial charge is 0.249 e. The molecule has 0 saturated carbocycles. The molecule has 0 fully saturated rings. The molecule has 0 saturated heterocycles. The van der Waals surface area contributed by atoms with Gasteiger partial charge in [0.1, 0.15) is 0 Å². The minimum absolute atomic E-state index is 0.0475.